The van der Waals surface area contributed by atoms with Crippen LogP contribution in [0, 0.1) is 0 Å². The Kier molecular flexibility index (Phi) is 7.02. The highest BCUT2D eigenvalue weighted by Crippen LogP contribution is 2.16. The normalized spacial score (nSPS) is 12.2. The van der Waals surface area contributed by atoms with Crippen LogP contribution >= 0.6 is 0 Å². The maximum absolute atomic E-state index is 12.2. The van der Waals surface area contributed by atoms with E-state index in [0.29, 0.717) is 12.3 Å². The zero-order chi connectivity index (χ0) is 18.9. The Morgan fingerprint density at radius 3 is 2.27 bits per heavy atom. The van der Waals surface area contributed by atoms with Crippen LogP contribution in [0.1, 0.15) is 26.3 Å². The minimum absolute atomic E-state index is 0.216. The van der Waals surface area contributed by atoms with Gasteiger partial charge in [-0.2, -0.15) is 5.10 Å². The van der Waals surface area contributed by atoms with Crippen LogP contribution in [0.3, 0.4) is 0 Å². The summed E-state index contributed by atoms with van der Waals surface area (Å²) in [6.07, 6.45) is 0. The van der Waals surface area contributed by atoms with E-state index >= 15 is 0 Å². The summed E-state index contributed by atoms with van der Waals surface area (Å²) >= 11 is 0. The van der Waals surface area contributed by atoms with E-state index in [1.54, 1.807) is 14.0 Å². The van der Waals surface area contributed by atoms with Gasteiger partial charge in [-0.15, -0.1) is 0 Å². The Morgan fingerprint density at radius 2 is 1.69 bits per heavy atom. The van der Waals surface area contributed by atoms with E-state index < -0.39 is 6.04 Å². The largest absolute Gasteiger partial charge is 0.497 e. The van der Waals surface area contributed by atoms with Gasteiger partial charge in [-0.3, -0.25) is 4.79 Å². The fourth-order valence-corrected chi connectivity index (χ4v) is 2.26. The molecule has 0 radical (unpaired) electrons. The minimum atomic E-state index is -0.430. The van der Waals surface area contributed by atoms with Crippen LogP contribution in [0.2, 0.25) is 0 Å². The quantitative estimate of drug-likeness (QED) is 0.562. The molecule has 0 aliphatic carbocycles. The van der Waals surface area contributed by atoms with Gasteiger partial charge in [-0.05, 0) is 74.9 Å². The summed E-state index contributed by atoms with van der Waals surface area (Å²) in [4.78, 5) is 12.2. The summed E-state index contributed by atoms with van der Waals surface area (Å²) in [6.45, 7) is 6.18. The van der Waals surface area contributed by atoms with Crippen LogP contribution in [0.5, 0.6) is 11.5 Å². The summed E-state index contributed by atoms with van der Waals surface area (Å²) in [5.74, 6) is 1.36. The molecule has 0 unspecified atom stereocenters. The second-order valence-corrected chi connectivity index (χ2v) is 5.73. The average Bonchev–Trinajstić information content (AvgIpc) is 2.67. The van der Waals surface area contributed by atoms with E-state index in [-0.39, 0.29) is 5.91 Å². The highest BCUT2D eigenvalue weighted by atomic mass is 16.5. The molecular formula is C20H25N3O3. The molecule has 0 heterocycles. The lowest BCUT2D eigenvalue weighted by Crippen LogP contribution is -2.35. The Morgan fingerprint density at radius 1 is 1.08 bits per heavy atom. The maximum Gasteiger partial charge on any atom is 0.262 e. The lowest BCUT2D eigenvalue weighted by molar-refractivity contribution is -0.121. The maximum atomic E-state index is 12.2. The van der Waals surface area contributed by atoms with Crippen molar-refractivity contribution in [3.8, 4) is 11.5 Å². The first-order valence-corrected chi connectivity index (χ1v) is 8.51. The Bertz CT molecular complexity index is 740. The molecule has 0 spiro atoms. The number of hydrogen-bond acceptors (Lipinski definition) is 5. The molecule has 0 aliphatic rings. The Labute approximate surface area is 154 Å². The second-order valence-electron chi connectivity index (χ2n) is 5.73. The highest BCUT2D eigenvalue weighted by molar-refractivity contribution is 5.99. The number of hydrazone groups is 1. The molecule has 0 saturated carbocycles. The predicted molar refractivity (Wildman–Crippen MR) is 104 cm³/mol. The molecular weight excluding hydrogens is 330 g/mol. The number of nitrogens with zero attached hydrogens (tertiary/aromatic N) is 1. The number of methoxy groups -OCH3 is 1. The number of carbonyl (C=O) groups excluding carboxylic acids is 1. The molecule has 138 valence electrons. The standard InChI is InChI=1S/C20H25N3O3/c1-5-26-19-12-8-17(9-13-19)21-15(3)20(24)23-22-14(2)16-6-10-18(25-4)11-7-16/h6-13,15,21H,5H2,1-4H3,(H,23,24)/t15-/m1/s1. The molecule has 26 heavy (non-hydrogen) atoms. The van der Waals surface area contributed by atoms with E-state index in [9.17, 15) is 4.79 Å². The summed E-state index contributed by atoms with van der Waals surface area (Å²) in [5, 5.41) is 7.30. The van der Waals surface area contributed by atoms with Gasteiger partial charge in [0.15, 0.2) is 0 Å². The van der Waals surface area contributed by atoms with E-state index in [1.165, 1.54) is 0 Å². The summed E-state index contributed by atoms with van der Waals surface area (Å²) in [7, 11) is 1.62. The molecule has 0 aliphatic heterocycles. The molecule has 2 rings (SSSR count). The van der Waals surface area contributed by atoms with Gasteiger partial charge in [0, 0.05) is 5.69 Å². The fourth-order valence-electron chi connectivity index (χ4n) is 2.26. The van der Waals surface area contributed by atoms with E-state index in [4.69, 9.17) is 9.47 Å². The third-order valence-corrected chi connectivity index (χ3v) is 3.78. The first-order valence-electron chi connectivity index (χ1n) is 8.51. The van der Waals surface area contributed by atoms with Crippen molar-refractivity contribution < 1.29 is 14.3 Å². The van der Waals surface area contributed by atoms with Gasteiger partial charge < -0.3 is 14.8 Å². The third-order valence-electron chi connectivity index (χ3n) is 3.78. The summed E-state index contributed by atoms with van der Waals surface area (Å²) < 4.78 is 10.5. The van der Waals surface area contributed by atoms with Crippen molar-refractivity contribution in [3.05, 3.63) is 54.1 Å². The van der Waals surface area contributed by atoms with Crippen molar-refractivity contribution in [2.24, 2.45) is 5.10 Å². The molecule has 2 aromatic rings. The molecule has 1 atom stereocenters. The van der Waals surface area contributed by atoms with Crippen LogP contribution in [0.25, 0.3) is 0 Å². The molecule has 0 saturated heterocycles. The van der Waals surface area contributed by atoms with Crippen molar-refractivity contribution in [2.45, 2.75) is 26.8 Å². The third kappa shape index (κ3) is 5.51. The molecule has 0 fully saturated rings. The topological polar surface area (TPSA) is 72.0 Å². The van der Waals surface area contributed by atoms with Crippen molar-refractivity contribution in [3.63, 3.8) is 0 Å². The van der Waals surface area contributed by atoms with Crippen LogP contribution in [0.4, 0.5) is 5.69 Å². The number of anilines is 1. The van der Waals surface area contributed by atoms with Gasteiger partial charge >= 0.3 is 0 Å². The van der Waals surface area contributed by atoms with Gasteiger partial charge in [0.05, 0.1) is 19.4 Å². The molecule has 0 bridgehead atoms. The predicted octanol–water partition coefficient (Wildman–Crippen LogP) is 3.43. The number of carbonyl (C=O) groups is 1. The van der Waals surface area contributed by atoms with Gasteiger partial charge in [-0.25, -0.2) is 5.43 Å². The van der Waals surface area contributed by atoms with Crippen LogP contribution in [-0.2, 0) is 4.79 Å². The number of hydrogen-bond donors (Lipinski definition) is 2. The van der Waals surface area contributed by atoms with Gasteiger partial charge in [0.1, 0.15) is 17.5 Å². The smallest absolute Gasteiger partial charge is 0.262 e. The number of benzene rings is 2. The SMILES string of the molecule is CCOc1ccc(N[C@H](C)C(=O)NN=C(C)c2ccc(OC)cc2)cc1. The summed E-state index contributed by atoms with van der Waals surface area (Å²) in [6, 6.07) is 14.5. The average molecular weight is 355 g/mol. The first-order chi connectivity index (χ1) is 12.5. The van der Waals surface area contributed by atoms with Gasteiger partial charge in [0.2, 0.25) is 0 Å². The van der Waals surface area contributed by atoms with Gasteiger partial charge in [0.25, 0.3) is 5.91 Å². The molecule has 1 amide bonds. The first kappa shape index (κ1) is 19.3. The van der Waals surface area contributed by atoms with Crippen LogP contribution in [-0.4, -0.2) is 31.4 Å². The van der Waals surface area contributed by atoms with E-state index in [2.05, 4.69) is 15.8 Å². The number of ether oxygens (including phenoxy) is 2. The lowest BCUT2D eigenvalue weighted by atomic mass is 10.1. The Balaban J connectivity index is 1.90. The van der Waals surface area contributed by atoms with Crippen LogP contribution < -0.4 is 20.2 Å². The van der Waals surface area contributed by atoms with Crippen LogP contribution in [0.15, 0.2) is 53.6 Å². The van der Waals surface area contributed by atoms with Crippen molar-refractivity contribution in [1.82, 2.24) is 5.43 Å². The second kappa shape index (κ2) is 9.46. The zero-order valence-electron chi connectivity index (χ0n) is 15.6. The van der Waals surface area contributed by atoms with Crippen molar-refractivity contribution in [1.29, 1.82) is 0 Å². The number of rotatable bonds is 8. The molecule has 2 N–H and O–H groups in total. The van der Waals surface area contributed by atoms with Gasteiger partial charge in [-0.1, -0.05) is 0 Å². The molecule has 2 aromatic carbocycles. The summed E-state index contributed by atoms with van der Waals surface area (Å²) in [5.41, 5.74) is 5.06. The number of nitrogens with one attached hydrogen (secondary N) is 2. The molecule has 6 heteroatoms. The lowest BCUT2D eigenvalue weighted by Gasteiger charge is -2.14. The van der Waals surface area contributed by atoms with Crippen molar-refractivity contribution >= 4 is 17.3 Å². The minimum Gasteiger partial charge on any atom is -0.497 e. The Hall–Kier alpha value is -3.02. The van der Waals surface area contributed by atoms with E-state index in [1.807, 2.05) is 62.4 Å². The van der Waals surface area contributed by atoms with E-state index in [0.717, 1.165) is 22.7 Å². The molecule has 0 aromatic heterocycles. The number of amides is 1. The monoisotopic (exact) mass is 355 g/mol. The van der Waals surface area contributed by atoms with Crippen molar-refractivity contribution in [2.75, 3.05) is 19.0 Å². The fraction of sp³-hybridized carbons (Fsp3) is 0.300. The molecule has 6 nitrogen and oxygen atoms in total. The highest BCUT2D eigenvalue weighted by Gasteiger charge is 2.12. The zero-order valence-corrected chi connectivity index (χ0v) is 15.6.